The fourth-order valence-electron chi connectivity index (χ4n) is 2.08. The van der Waals surface area contributed by atoms with Gasteiger partial charge in [-0.3, -0.25) is 4.40 Å². The predicted molar refractivity (Wildman–Crippen MR) is 76.4 cm³/mol. The van der Waals surface area contributed by atoms with Gasteiger partial charge in [0.15, 0.2) is 5.82 Å². The Balaban J connectivity index is 2.04. The van der Waals surface area contributed by atoms with Gasteiger partial charge >= 0.3 is 0 Å². The maximum Gasteiger partial charge on any atom is 0.182 e. The minimum absolute atomic E-state index is 0.0880. The first-order valence-electron chi connectivity index (χ1n) is 6.44. The van der Waals surface area contributed by atoms with Gasteiger partial charge < -0.3 is 5.11 Å². The molecule has 1 aromatic carbocycles. The number of azo groups is 1. The smallest absolute Gasteiger partial charge is 0.182 e. The molecule has 0 saturated heterocycles. The van der Waals surface area contributed by atoms with E-state index >= 15 is 0 Å². The Hall–Kier alpha value is -2.60. The molecule has 0 atom stereocenters. The number of aryl methyl sites for hydroxylation is 1. The number of aliphatic hydroxyl groups excluding tert-OH is 1. The van der Waals surface area contributed by atoms with E-state index in [1.807, 2.05) is 25.3 Å². The summed E-state index contributed by atoms with van der Waals surface area (Å²) in [5.74, 6) is 0.275. The van der Waals surface area contributed by atoms with Gasteiger partial charge in [-0.2, -0.15) is 0 Å². The Bertz CT molecular complexity index is 808. The van der Waals surface area contributed by atoms with E-state index in [1.165, 1.54) is 12.1 Å². The predicted octanol–water partition coefficient (Wildman–Crippen LogP) is 3.69. The molecule has 21 heavy (non-hydrogen) atoms. The van der Waals surface area contributed by atoms with Crippen LogP contribution in [0.3, 0.4) is 0 Å². The Morgan fingerprint density at radius 3 is 2.67 bits per heavy atom. The fraction of sp³-hybridized carbons (Fsp3) is 0.133. The molecule has 3 aromatic rings. The lowest BCUT2D eigenvalue weighted by atomic mass is 10.3. The van der Waals surface area contributed by atoms with Gasteiger partial charge in [0.2, 0.25) is 0 Å². The molecule has 1 N–H and O–H groups in total. The first-order valence-corrected chi connectivity index (χ1v) is 6.44. The van der Waals surface area contributed by atoms with E-state index in [-0.39, 0.29) is 12.4 Å². The second kappa shape index (κ2) is 5.41. The highest BCUT2D eigenvalue weighted by atomic mass is 19.1. The van der Waals surface area contributed by atoms with Crippen molar-refractivity contribution in [2.45, 2.75) is 13.5 Å². The number of halogens is 1. The first kappa shape index (κ1) is 13.4. The average molecular weight is 284 g/mol. The summed E-state index contributed by atoms with van der Waals surface area (Å²) in [5.41, 5.74) is 2.65. The van der Waals surface area contributed by atoms with Crippen molar-refractivity contribution in [3.05, 3.63) is 59.7 Å². The molecule has 0 radical (unpaired) electrons. The summed E-state index contributed by atoms with van der Waals surface area (Å²) in [7, 11) is 0. The maximum absolute atomic E-state index is 12.8. The van der Waals surface area contributed by atoms with Crippen LogP contribution in [-0.2, 0) is 6.61 Å². The van der Waals surface area contributed by atoms with Crippen molar-refractivity contribution in [1.82, 2.24) is 9.38 Å². The number of aromatic nitrogens is 2. The van der Waals surface area contributed by atoms with Crippen molar-refractivity contribution >= 4 is 17.2 Å². The number of hydrogen-bond donors (Lipinski definition) is 1. The maximum atomic E-state index is 12.8. The van der Waals surface area contributed by atoms with Gasteiger partial charge in [0, 0.05) is 11.8 Å². The van der Waals surface area contributed by atoms with E-state index in [4.69, 9.17) is 0 Å². The molecule has 0 aliphatic heterocycles. The Morgan fingerprint density at radius 2 is 1.95 bits per heavy atom. The lowest BCUT2D eigenvalue weighted by Crippen LogP contribution is -1.90. The molecule has 0 aliphatic carbocycles. The third-order valence-electron chi connectivity index (χ3n) is 3.13. The van der Waals surface area contributed by atoms with Crippen LogP contribution in [0.25, 0.3) is 5.65 Å². The van der Waals surface area contributed by atoms with Gasteiger partial charge in [0.1, 0.15) is 11.5 Å². The van der Waals surface area contributed by atoms with E-state index in [1.54, 1.807) is 16.5 Å². The normalized spacial score (nSPS) is 11.6. The minimum Gasteiger partial charge on any atom is -0.392 e. The van der Waals surface area contributed by atoms with Crippen molar-refractivity contribution in [3.8, 4) is 0 Å². The van der Waals surface area contributed by atoms with E-state index < -0.39 is 0 Å². The molecule has 6 heteroatoms. The standard InChI is InChI=1S/C15H13FN4O/c1-10-14(19-18-13-6-4-12(16)5-7-13)20-8-2-3-11(9-21)15(20)17-10/h2-8,21H,9H2,1H3. The number of aliphatic hydroxyl groups is 1. The summed E-state index contributed by atoms with van der Waals surface area (Å²) in [6.45, 7) is 1.74. The summed E-state index contributed by atoms with van der Waals surface area (Å²) in [4.78, 5) is 4.40. The van der Waals surface area contributed by atoms with Crippen LogP contribution >= 0.6 is 0 Å². The van der Waals surface area contributed by atoms with E-state index in [2.05, 4.69) is 15.2 Å². The lowest BCUT2D eigenvalue weighted by molar-refractivity contribution is 0.282. The molecule has 0 bridgehead atoms. The third kappa shape index (κ3) is 2.53. The van der Waals surface area contributed by atoms with Crippen LogP contribution in [0.5, 0.6) is 0 Å². The van der Waals surface area contributed by atoms with Crippen LogP contribution in [0.15, 0.2) is 52.8 Å². The van der Waals surface area contributed by atoms with Crippen molar-refractivity contribution in [3.63, 3.8) is 0 Å². The topological polar surface area (TPSA) is 62.2 Å². The van der Waals surface area contributed by atoms with E-state index in [0.717, 1.165) is 5.56 Å². The number of fused-ring (bicyclic) bond motifs is 1. The summed E-state index contributed by atoms with van der Waals surface area (Å²) in [5, 5.41) is 17.6. The number of rotatable bonds is 3. The molecular weight excluding hydrogens is 271 g/mol. The largest absolute Gasteiger partial charge is 0.392 e. The molecule has 3 rings (SSSR count). The molecule has 0 amide bonds. The molecular formula is C15H13FN4O. The van der Waals surface area contributed by atoms with Crippen LogP contribution in [0.2, 0.25) is 0 Å². The second-order valence-electron chi connectivity index (χ2n) is 4.58. The molecule has 106 valence electrons. The summed E-state index contributed by atoms with van der Waals surface area (Å²) >= 11 is 0. The fourth-order valence-corrected chi connectivity index (χ4v) is 2.08. The van der Waals surface area contributed by atoms with Crippen molar-refractivity contribution < 1.29 is 9.50 Å². The average Bonchev–Trinajstić information content (AvgIpc) is 2.82. The van der Waals surface area contributed by atoms with Crippen LogP contribution in [0, 0.1) is 12.7 Å². The monoisotopic (exact) mass is 284 g/mol. The highest BCUT2D eigenvalue weighted by molar-refractivity contribution is 5.56. The number of nitrogens with zero attached hydrogens (tertiary/aromatic N) is 4. The van der Waals surface area contributed by atoms with Crippen LogP contribution in [-0.4, -0.2) is 14.5 Å². The number of imidazole rings is 1. The zero-order valence-electron chi connectivity index (χ0n) is 11.4. The highest BCUT2D eigenvalue weighted by Crippen LogP contribution is 2.25. The molecule has 2 aromatic heterocycles. The zero-order valence-corrected chi connectivity index (χ0v) is 11.4. The quantitative estimate of drug-likeness (QED) is 0.745. The van der Waals surface area contributed by atoms with Gasteiger partial charge in [-0.05, 0) is 37.3 Å². The van der Waals surface area contributed by atoms with Crippen molar-refractivity contribution in [2.24, 2.45) is 10.2 Å². The van der Waals surface area contributed by atoms with Crippen LogP contribution < -0.4 is 0 Å². The molecule has 0 fully saturated rings. The molecule has 5 nitrogen and oxygen atoms in total. The van der Waals surface area contributed by atoms with E-state index in [9.17, 15) is 9.50 Å². The third-order valence-corrected chi connectivity index (χ3v) is 3.13. The number of hydrogen-bond acceptors (Lipinski definition) is 4. The second-order valence-corrected chi connectivity index (χ2v) is 4.58. The van der Waals surface area contributed by atoms with Gasteiger partial charge in [-0.25, -0.2) is 9.37 Å². The summed E-state index contributed by atoms with van der Waals surface area (Å²) < 4.78 is 14.6. The van der Waals surface area contributed by atoms with E-state index in [0.29, 0.717) is 22.8 Å². The summed E-state index contributed by atoms with van der Waals surface area (Å²) in [6, 6.07) is 9.39. The molecule has 0 spiro atoms. The Morgan fingerprint density at radius 1 is 1.19 bits per heavy atom. The van der Waals surface area contributed by atoms with Crippen LogP contribution in [0.4, 0.5) is 15.9 Å². The zero-order chi connectivity index (χ0) is 14.8. The Labute approximate surface area is 120 Å². The van der Waals surface area contributed by atoms with Crippen molar-refractivity contribution in [2.75, 3.05) is 0 Å². The van der Waals surface area contributed by atoms with Gasteiger partial charge in [-0.15, -0.1) is 10.2 Å². The first-order chi connectivity index (χ1) is 10.2. The van der Waals surface area contributed by atoms with Crippen molar-refractivity contribution in [1.29, 1.82) is 0 Å². The molecule has 0 unspecified atom stereocenters. The Kier molecular flexibility index (Phi) is 3.45. The van der Waals surface area contributed by atoms with Gasteiger partial charge in [0.25, 0.3) is 0 Å². The summed E-state index contributed by atoms with van der Waals surface area (Å²) in [6.07, 6.45) is 1.81. The number of pyridine rings is 1. The van der Waals surface area contributed by atoms with Crippen LogP contribution in [0.1, 0.15) is 11.3 Å². The molecule has 0 aliphatic rings. The minimum atomic E-state index is -0.312. The SMILES string of the molecule is Cc1nc2c(CO)cccn2c1N=Nc1ccc(F)cc1. The van der Waals surface area contributed by atoms with Gasteiger partial charge in [-0.1, -0.05) is 6.07 Å². The van der Waals surface area contributed by atoms with Gasteiger partial charge in [0.05, 0.1) is 18.0 Å². The molecule has 0 saturated carbocycles. The molecule has 2 heterocycles. The lowest BCUT2D eigenvalue weighted by Gasteiger charge is -2.00. The highest BCUT2D eigenvalue weighted by Gasteiger charge is 2.10. The number of benzene rings is 1.